The zero-order valence-corrected chi connectivity index (χ0v) is 37.8. The molecule has 64 heavy (non-hydrogen) atoms. The van der Waals surface area contributed by atoms with Crippen molar-refractivity contribution < 1.29 is 65.0 Å². The van der Waals surface area contributed by atoms with Crippen molar-refractivity contribution in [1.29, 1.82) is 0 Å². The zero-order valence-electron chi connectivity index (χ0n) is 33.4. The SMILES string of the molecule is COP(=O)(S)OC[C@H]1O[C@@H](n2cnc3c(N)ncnc32)C[C@@H]1OP(=O)(S)OC[C@H]1O[C@@H](n2cnc3c(N)ncnc32)C[C@@H]1OP(=O)(O)O[C@H]1C[C@H](n2cc(C)c(=O)[nH]c2=O)O[C@@H]1CO. The van der Waals surface area contributed by atoms with Crippen molar-refractivity contribution in [3.8, 4) is 0 Å². The minimum absolute atomic E-state index is 0.0182. The monoisotopic (exact) mass is 994 g/mol. The molecule has 12 atom stereocenters. The van der Waals surface area contributed by atoms with Gasteiger partial charge >= 0.3 is 27.1 Å². The molecular weight excluding hydrogens is 953 g/mol. The number of aliphatic hydroxyl groups excluding tert-OH is 1. The van der Waals surface area contributed by atoms with Crippen molar-refractivity contribution in [2.24, 2.45) is 0 Å². The quantitative estimate of drug-likeness (QED) is 0.0513. The van der Waals surface area contributed by atoms with E-state index in [-0.39, 0.29) is 47.6 Å². The van der Waals surface area contributed by atoms with E-state index in [2.05, 4.69) is 59.4 Å². The Morgan fingerprint density at radius 3 is 1.73 bits per heavy atom. The van der Waals surface area contributed by atoms with Crippen molar-refractivity contribution in [2.75, 3.05) is 38.4 Å². The van der Waals surface area contributed by atoms with E-state index < -0.39 is 108 Å². The molecule has 3 unspecified atom stereocenters. The third-order valence-electron chi connectivity index (χ3n) is 10.4. The highest BCUT2D eigenvalue weighted by molar-refractivity contribution is 8.44. The Hall–Kier alpha value is -3.67. The van der Waals surface area contributed by atoms with E-state index in [1.54, 1.807) is 0 Å². The van der Waals surface area contributed by atoms with Crippen LogP contribution in [0.4, 0.5) is 11.6 Å². The van der Waals surface area contributed by atoms with Gasteiger partial charge in [-0.15, -0.1) is 0 Å². The summed E-state index contributed by atoms with van der Waals surface area (Å²) in [5.41, 5.74) is 11.8. The van der Waals surface area contributed by atoms with E-state index >= 15 is 0 Å². The Morgan fingerprint density at radius 2 is 1.22 bits per heavy atom. The second-order valence-electron chi connectivity index (χ2n) is 14.5. The van der Waals surface area contributed by atoms with Crippen LogP contribution in [0.3, 0.4) is 0 Å². The number of aromatic nitrogens is 10. The normalized spacial score (nSPS) is 29.0. The van der Waals surface area contributed by atoms with E-state index in [9.17, 15) is 33.3 Å². The summed E-state index contributed by atoms with van der Waals surface area (Å²) in [5.74, 6) is 0.192. The number of hydrogen-bond donors (Lipinski definition) is 7. The number of rotatable bonds is 17. The van der Waals surface area contributed by atoms with Crippen molar-refractivity contribution >= 4 is 79.9 Å². The molecule has 3 aliphatic rings. The molecule has 8 rings (SSSR count). The molecule has 0 saturated carbocycles. The summed E-state index contributed by atoms with van der Waals surface area (Å²) in [6, 6.07) is 0. The largest absolute Gasteiger partial charge is 0.472 e. The van der Waals surface area contributed by atoms with Gasteiger partial charge in [-0.05, 0) is 6.92 Å². The number of phosphoric ester groups is 1. The maximum atomic E-state index is 14.0. The van der Waals surface area contributed by atoms with Gasteiger partial charge in [0, 0.05) is 38.1 Å². The summed E-state index contributed by atoms with van der Waals surface area (Å²) in [6.07, 6.45) is -4.18. The minimum Gasteiger partial charge on any atom is -0.394 e. The van der Waals surface area contributed by atoms with Crippen LogP contribution in [0.5, 0.6) is 0 Å². The number of thiol groups is 2. The summed E-state index contributed by atoms with van der Waals surface area (Å²) < 4.78 is 95.6. The van der Waals surface area contributed by atoms with Crippen LogP contribution in [0, 0.1) is 6.92 Å². The van der Waals surface area contributed by atoms with E-state index in [1.807, 2.05) is 0 Å². The van der Waals surface area contributed by atoms with Crippen LogP contribution in [-0.4, -0.2) is 122 Å². The number of phosphoric acid groups is 1. The fourth-order valence-electron chi connectivity index (χ4n) is 7.33. The molecule has 0 spiro atoms. The van der Waals surface area contributed by atoms with Crippen LogP contribution in [0.25, 0.3) is 22.3 Å². The number of H-pyrrole nitrogens is 1. The molecule has 5 aromatic heterocycles. The standard InChI is InChI=1S/C31H41N12O16P3S2/c1-14-6-41(31(46)40-30(14)45)21-3-15(18(7-44)54-21)57-60(47,48)58-16-4-22(42-12-38-24-26(32)34-10-36-28(24)42)55-19(16)9-53-62(50,64)59-17-5-23(56-20(17)8-52-61(49,63)51-2)43-13-39-25-27(33)35-11-37-29(25)43/h6,10-13,15-23,44H,3-5,7-9H2,1-2H3,(H,47,48)(H,49,63)(H,50,64)(H2,32,34,36)(H2,33,35,37)(H,40,45,46)/t15-,16-,17-,18+,19+,20+,21+,22+,23+,61?,62?/m0/s1. The Kier molecular flexibility index (Phi) is 13.6. The second kappa shape index (κ2) is 18.5. The van der Waals surface area contributed by atoms with Crippen molar-refractivity contribution in [3.05, 3.63) is 57.9 Å². The number of nitrogen functional groups attached to an aromatic ring is 2. The van der Waals surface area contributed by atoms with Crippen molar-refractivity contribution in [3.63, 3.8) is 0 Å². The van der Waals surface area contributed by atoms with Crippen LogP contribution >= 0.6 is 45.9 Å². The maximum absolute atomic E-state index is 14.0. The molecule has 3 aliphatic heterocycles. The number of aliphatic hydroxyl groups is 1. The average molecular weight is 995 g/mol. The van der Waals surface area contributed by atoms with Crippen LogP contribution in [0.1, 0.15) is 43.5 Å². The number of nitrogens with zero attached hydrogens (tertiary/aromatic N) is 9. The minimum atomic E-state index is -5.11. The lowest BCUT2D eigenvalue weighted by molar-refractivity contribution is -0.0559. The van der Waals surface area contributed by atoms with E-state index in [0.717, 1.165) is 11.7 Å². The van der Waals surface area contributed by atoms with Gasteiger partial charge in [-0.2, -0.15) is 0 Å². The summed E-state index contributed by atoms with van der Waals surface area (Å²) in [4.78, 5) is 62.7. The molecule has 28 nitrogen and oxygen atoms in total. The fraction of sp³-hybridized carbons (Fsp3) is 0.548. The summed E-state index contributed by atoms with van der Waals surface area (Å²) >= 11 is 8.13. The van der Waals surface area contributed by atoms with E-state index in [1.165, 1.54) is 47.6 Å². The van der Waals surface area contributed by atoms with Crippen molar-refractivity contribution in [1.82, 2.24) is 48.6 Å². The average Bonchev–Trinajstić information content (AvgIpc) is 4.08. The fourth-order valence-corrected chi connectivity index (χ4v) is 10.7. The van der Waals surface area contributed by atoms with Gasteiger partial charge in [0.25, 0.3) is 5.56 Å². The topological polar surface area (TPSA) is 369 Å². The number of aromatic amines is 1. The van der Waals surface area contributed by atoms with Gasteiger partial charge in [-0.3, -0.25) is 46.1 Å². The molecular formula is C31H41N12O16P3S2. The molecule has 0 bridgehead atoms. The van der Waals surface area contributed by atoms with E-state index in [0.29, 0.717) is 11.2 Å². The molecule has 3 saturated heterocycles. The highest BCUT2D eigenvalue weighted by Crippen LogP contribution is 2.58. The van der Waals surface area contributed by atoms with Gasteiger partial charge in [-0.25, -0.2) is 48.4 Å². The van der Waals surface area contributed by atoms with Crippen LogP contribution in [0.15, 0.2) is 41.1 Å². The first kappa shape index (κ1) is 46.8. The third-order valence-corrected chi connectivity index (χ3v) is 14.9. The summed E-state index contributed by atoms with van der Waals surface area (Å²) in [7, 11) is -3.98. The van der Waals surface area contributed by atoms with Crippen molar-refractivity contribution in [2.45, 2.75) is 81.5 Å². The lowest BCUT2D eigenvalue weighted by atomic mass is 10.2. The molecule has 0 aliphatic carbocycles. The molecule has 348 valence electrons. The highest BCUT2D eigenvalue weighted by Gasteiger charge is 2.48. The van der Waals surface area contributed by atoms with Gasteiger partial charge in [0.05, 0.1) is 32.5 Å². The molecule has 0 aromatic carbocycles. The molecule has 3 fully saturated rings. The van der Waals surface area contributed by atoms with Gasteiger partial charge < -0.3 is 40.2 Å². The Labute approximate surface area is 370 Å². The number of hydrogen-bond acceptors (Lipinski definition) is 23. The summed E-state index contributed by atoms with van der Waals surface area (Å²) in [6.45, 7) is -8.51. The smallest absolute Gasteiger partial charge is 0.394 e. The lowest BCUT2D eigenvalue weighted by Crippen LogP contribution is -2.33. The third kappa shape index (κ3) is 10.0. The lowest BCUT2D eigenvalue weighted by Gasteiger charge is -2.26. The number of aryl methyl sites for hydroxylation is 1. The molecule has 0 amide bonds. The van der Waals surface area contributed by atoms with Crippen LogP contribution in [-0.2, 0) is 55.0 Å². The predicted molar refractivity (Wildman–Crippen MR) is 225 cm³/mol. The number of ether oxygens (including phenoxy) is 3. The van der Waals surface area contributed by atoms with Gasteiger partial charge in [0.1, 0.15) is 79.0 Å². The van der Waals surface area contributed by atoms with Gasteiger partial charge in [0.15, 0.2) is 22.9 Å². The number of nitrogens with two attached hydrogens (primary N) is 2. The highest BCUT2D eigenvalue weighted by atomic mass is 32.7. The molecule has 7 N–H and O–H groups in total. The molecule has 5 aromatic rings. The Morgan fingerprint density at radius 1 is 0.750 bits per heavy atom. The maximum Gasteiger partial charge on any atom is 0.472 e. The zero-order chi connectivity index (χ0) is 45.7. The number of anilines is 2. The Bertz CT molecular complexity index is 2800. The van der Waals surface area contributed by atoms with Gasteiger partial charge in [0.2, 0.25) is 0 Å². The summed E-state index contributed by atoms with van der Waals surface area (Å²) in [5, 5.41) is 10.1. The van der Waals surface area contributed by atoms with Gasteiger partial charge in [-0.1, -0.05) is 24.5 Å². The number of imidazole rings is 2. The molecule has 0 radical (unpaired) electrons. The second-order valence-corrected chi connectivity index (χ2v) is 21.8. The first-order valence-corrected chi connectivity index (χ1v) is 25.9. The molecule has 33 heteroatoms. The van der Waals surface area contributed by atoms with E-state index in [4.69, 9.17) is 52.8 Å². The Balaban J connectivity index is 0.998. The number of nitrogens with one attached hydrogen (secondary N) is 1. The molecule has 8 heterocycles. The number of fused-ring (bicyclic) bond motifs is 2. The first-order chi connectivity index (χ1) is 30.3. The van der Waals surface area contributed by atoms with Crippen LogP contribution in [0.2, 0.25) is 0 Å². The van der Waals surface area contributed by atoms with Crippen LogP contribution < -0.4 is 22.7 Å². The predicted octanol–water partition coefficient (Wildman–Crippen LogP) is 1.56. The first-order valence-electron chi connectivity index (χ1n) is 19.0.